The third kappa shape index (κ3) is 3.93. The number of hydrogen-bond donors (Lipinski definition) is 1. The van der Waals surface area contributed by atoms with Crippen molar-refractivity contribution in [2.45, 2.75) is 46.3 Å². The lowest BCUT2D eigenvalue weighted by atomic mass is 10.2. The second-order valence-electron chi connectivity index (χ2n) is 5.23. The van der Waals surface area contributed by atoms with Gasteiger partial charge in [-0.25, -0.2) is 0 Å². The van der Waals surface area contributed by atoms with Gasteiger partial charge in [0.25, 0.3) is 0 Å². The summed E-state index contributed by atoms with van der Waals surface area (Å²) in [5.74, 6) is -0.152. The zero-order chi connectivity index (χ0) is 17.0. The molecule has 0 aliphatic carbocycles. The van der Waals surface area contributed by atoms with E-state index < -0.39 is 4.92 Å². The molecular weight excluding hydrogens is 300 g/mol. The van der Waals surface area contributed by atoms with Gasteiger partial charge in [0, 0.05) is 19.2 Å². The first-order chi connectivity index (χ1) is 10.9. The zero-order valence-electron chi connectivity index (χ0n) is 13.4. The highest BCUT2D eigenvalue weighted by Gasteiger charge is 2.17. The number of nitro groups is 1. The molecule has 0 saturated heterocycles. The Morgan fingerprint density at radius 2 is 2.26 bits per heavy atom. The molecule has 1 unspecified atom stereocenters. The first-order valence-electron chi connectivity index (χ1n) is 7.41. The Hall–Kier alpha value is -2.71. The van der Waals surface area contributed by atoms with Crippen LogP contribution in [0.2, 0.25) is 0 Å². The maximum atomic E-state index is 12.0. The molecule has 0 aliphatic heterocycles. The SMILES string of the molecule is CCn1ccc(C(C)NC(=O)CCn2ncc([N+](=O)[O-])c2C)n1. The predicted molar refractivity (Wildman–Crippen MR) is 82.7 cm³/mol. The lowest BCUT2D eigenvalue weighted by Gasteiger charge is -2.12. The van der Waals surface area contributed by atoms with Crippen LogP contribution in [-0.4, -0.2) is 30.4 Å². The van der Waals surface area contributed by atoms with Gasteiger partial charge in [0.05, 0.1) is 23.2 Å². The molecule has 2 heterocycles. The molecule has 0 aromatic carbocycles. The quantitative estimate of drug-likeness (QED) is 0.615. The van der Waals surface area contributed by atoms with Crippen molar-refractivity contribution < 1.29 is 9.72 Å². The smallest absolute Gasteiger partial charge is 0.309 e. The molecule has 1 N–H and O–H groups in total. The summed E-state index contributed by atoms with van der Waals surface area (Å²) >= 11 is 0. The average Bonchev–Trinajstić information content (AvgIpc) is 3.11. The highest BCUT2D eigenvalue weighted by Crippen LogP contribution is 2.16. The van der Waals surface area contributed by atoms with Crippen LogP contribution in [0.15, 0.2) is 18.5 Å². The molecule has 1 atom stereocenters. The summed E-state index contributed by atoms with van der Waals surface area (Å²) in [5.41, 5.74) is 1.20. The van der Waals surface area contributed by atoms with Crippen LogP contribution >= 0.6 is 0 Å². The van der Waals surface area contributed by atoms with Gasteiger partial charge in [-0.1, -0.05) is 0 Å². The van der Waals surface area contributed by atoms with Gasteiger partial charge in [-0.2, -0.15) is 10.2 Å². The third-order valence-corrected chi connectivity index (χ3v) is 3.63. The maximum Gasteiger partial charge on any atom is 0.309 e. The number of nitrogens with zero attached hydrogens (tertiary/aromatic N) is 5. The number of aryl methyl sites for hydroxylation is 2. The number of nitrogens with one attached hydrogen (secondary N) is 1. The van der Waals surface area contributed by atoms with Crippen molar-refractivity contribution in [2.75, 3.05) is 0 Å². The minimum Gasteiger partial charge on any atom is -0.348 e. The summed E-state index contributed by atoms with van der Waals surface area (Å²) in [6, 6.07) is 1.68. The fourth-order valence-electron chi connectivity index (χ4n) is 2.22. The molecule has 0 aliphatic rings. The summed E-state index contributed by atoms with van der Waals surface area (Å²) in [6.45, 7) is 6.54. The van der Waals surface area contributed by atoms with E-state index in [0.717, 1.165) is 12.2 Å². The van der Waals surface area contributed by atoms with E-state index >= 15 is 0 Å². The normalized spacial score (nSPS) is 12.1. The summed E-state index contributed by atoms with van der Waals surface area (Å²) in [4.78, 5) is 22.3. The third-order valence-electron chi connectivity index (χ3n) is 3.63. The van der Waals surface area contributed by atoms with Crippen LogP contribution < -0.4 is 5.32 Å². The summed E-state index contributed by atoms with van der Waals surface area (Å²) in [5, 5.41) is 21.9. The Labute approximate surface area is 133 Å². The Morgan fingerprint density at radius 1 is 1.52 bits per heavy atom. The first-order valence-corrected chi connectivity index (χ1v) is 7.41. The van der Waals surface area contributed by atoms with Gasteiger partial charge in [-0.05, 0) is 26.8 Å². The van der Waals surface area contributed by atoms with E-state index in [2.05, 4.69) is 15.5 Å². The van der Waals surface area contributed by atoms with Gasteiger partial charge in [-0.3, -0.25) is 24.3 Å². The number of hydrogen-bond acceptors (Lipinski definition) is 5. The van der Waals surface area contributed by atoms with Crippen LogP contribution in [0.3, 0.4) is 0 Å². The van der Waals surface area contributed by atoms with E-state index in [4.69, 9.17) is 0 Å². The molecule has 2 rings (SSSR count). The van der Waals surface area contributed by atoms with Crippen molar-refractivity contribution in [2.24, 2.45) is 0 Å². The first kappa shape index (κ1) is 16.7. The molecule has 124 valence electrons. The monoisotopic (exact) mass is 320 g/mol. The van der Waals surface area contributed by atoms with E-state index in [9.17, 15) is 14.9 Å². The molecular formula is C14H20N6O3. The van der Waals surface area contributed by atoms with Crippen LogP contribution in [0, 0.1) is 17.0 Å². The molecule has 0 saturated carbocycles. The Kier molecular flexibility index (Phi) is 5.09. The van der Waals surface area contributed by atoms with Crippen molar-refractivity contribution in [3.05, 3.63) is 40.0 Å². The van der Waals surface area contributed by atoms with Crippen LogP contribution in [0.5, 0.6) is 0 Å². The van der Waals surface area contributed by atoms with E-state index in [1.807, 2.05) is 26.1 Å². The number of carbonyl (C=O) groups is 1. The fourth-order valence-corrected chi connectivity index (χ4v) is 2.22. The molecule has 2 aromatic heterocycles. The van der Waals surface area contributed by atoms with Gasteiger partial charge >= 0.3 is 5.69 Å². The molecule has 0 radical (unpaired) electrons. The molecule has 9 heteroatoms. The van der Waals surface area contributed by atoms with Gasteiger partial charge < -0.3 is 5.32 Å². The summed E-state index contributed by atoms with van der Waals surface area (Å²) in [7, 11) is 0. The van der Waals surface area contributed by atoms with Crippen LogP contribution in [0.4, 0.5) is 5.69 Å². The molecule has 0 spiro atoms. The topological polar surface area (TPSA) is 108 Å². The Balaban J connectivity index is 1.88. The van der Waals surface area contributed by atoms with Crippen LogP contribution in [0.25, 0.3) is 0 Å². The number of rotatable bonds is 7. The van der Waals surface area contributed by atoms with Crippen molar-refractivity contribution in [3.63, 3.8) is 0 Å². The zero-order valence-corrected chi connectivity index (χ0v) is 13.4. The molecule has 0 bridgehead atoms. The van der Waals surface area contributed by atoms with Crippen LogP contribution in [0.1, 0.15) is 37.7 Å². The molecule has 9 nitrogen and oxygen atoms in total. The number of amides is 1. The molecule has 23 heavy (non-hydrogen) atoms. The van der Waals surface area contributed by atoms with E-state index in [0.29, 0.717) is 12.2 Å². The molecule has 0 fully saturated rings. The number of aromatic nitrogens is 4. The van der Waals surface area contributed by atoms with E-state index in [1.54, 1.807) is 11.6 Å². The van der Waals surface area contributed by atoms with Gasteiger partial charge in [0.2, 0.25) is 5.91 Å². The van der Waals surface area contributed by atoms with Crippen molar-refractivity contribution in [1.82, 2.24) is 24.9 Å². The minimum absolute atomic E-state index is 0.0381. The summed E-state index contributed by atoms with van der Waals surface area (Å²) < 4.78 is 3.26. The minimum atomic E-state index is -0.481. The molecule has 2 aromatic rings. The highest BCUT2D eigenvalue weighted by molar-refractivity contribution is 5.76. The van der Waals surface area contributed by atoms with E-state index in [1.165, 1.54) is 10.9 Å². The lowest BCUT2D eigenvalue weighted by molar-refractivity contribution is -0.385. The number of carbonyl (C=O) groups excluding carboxylic acids is 1. The fraction of sp³-hybridized carbons (Fsp3) is 0.500. The average molecular weight is 320 g/mol. The standard InChI is InChI=1S/C14H20N6O3/c1-4-18-7-5-12(17-18)10(2)16-14(21)6-8-19-11(3)13(9-15-19)20(22)23/h5,7,9-10H,4,6,8H2,1-3H3,(H,16,21). The van der Waals surface area contributed by atoms with Crippen molar-refractivity contribution >= 4 is 11.6 Å². The lowest BCUT2D eigenvalue weighted by Crippen LogP contribution is -2.28. The largest absolute Gasteiger partial charge is 0.348 e. The predicted octanol–water partition coefficient (Wildman–Crippen LogP) is 1.58. The van der Waals surface area contributed by atoms with Gasteiger partial charge in [-0.15, -0.1) is 0 Å². The highest BCUT2D eigenvalue weighted by atomic mass is 16.6. The summed E-state index contributed by atoms with van der Waals surface area (Å²) in [6.07, 6.45) is 3.26. The second-order valence-corrected chi connectivity index (χ2v) is 5.23. The van der Waals surface area contributed by atoms with E-state index in [-0.39, 0.29) is 24.1 Å². The van der Waals surface area contributed by atoms with Crippen molar-refractivity contribution in [1.29, 1.82) is 0 Å². The maximum absolute atomic E-state index is 12.0. The Bertz CT molecular complexity index is 705. The van der Waals surface area contributed by atoms with Crippen molar-refractivity contribution in [3.8, 4) is 0 Å². The Morgan fingerprint density at radius 3 is 2.83 bits per heavy atom. The molecule has 1 amide bonds. The van der Waals surface area contributed by atoms with Crippen LogP contribution in [-0.2, 0) is 17.9 Å². The van der Waals surface area contributed by atoms with Gasteiger partial charge in [0.1, 0.15) is 11.9 Å². The second kappa shape index (κ2) is 7.03. The van der Waals surface area contributed by atoms with Gasteiger partial charge in [0.15, 0.2) is 0 Å².